The Morgan fingerprint density at radius 2 is 1.78 bits per heavy atom. The number of aryl methyl sites for hydroxylation is 1. The molecule has 0 unspecified atom stereocenters. The molecule has 4 aromatic rings. The lowest BCUT2D eigenvalue weighted by Crippen LogP contribution is -2.29. The molecule has 3 aromatic carbocycles. The second kappa shape index (κ2) is 7.72. The van der Waals surface area contributed by atoms with Crippen molar-refractivity contribution in [1.82, 2.24) is 10.2 Å². The van der Waals surface area contributed by atoms with Crippen molar-refractivity contribution in [2.45, 2.75) is 13.0 Å². The Hall–Kier alpha value is -3.78. The van der Waals surface area contributed by atoms with E-state index in [1.807, 2.05) is 55.5 Å². The molecule has 1 aliphatic rings. The molecule has 1 atom stereocenters. The highest BCUT2D eigenvalue weighted by Gasteiger charge is 2.43. The molecular formula is C24H17BrN4O3. The number of aromatic amines is 1. The maximum Gasteiger partial charge on any atom is 0.277 e. The quantitative estimate of drug-likeness (QED) is 0.290. The summed E-state index contributed by atoms with van der Waals surface area (Å²) in [6.45, 7) is 1.98. The van der Waals surface area contributed by atoms with E-state index in [9.17, 15) is 14.9 Å². The summed E-state index contributed by atoms with van der Waals surface area (Å²) >= 11 is 3.44. The predicted molar refractivity (Wildman–Crippen MR) is 125 cm³/mol. The Balaban J connectivity index is 1.73. The van der Waals surface area contributed by atoms with Gasteiger partial charge in [-0.15, -0.1) is 0 Å². The minimum absolute atomic E-state index is 0.0269. The minimum atomic E-state index is -0.558. The van der Waals surface area contributed by atoms with Crippen molar-refractivity contribution in [2.24, 2.45) is 0 Å². The molecule has 8 heteroatoms. The molecule has 2 heterocycles. The summed E-state index contributed by atoms with van der Waals surface area (Å²) < 4.78 is 0.932. The molecule has 0 saturated carbocycles. The number of nitro groups is 1. The van der Waals surface area contributed by atoms with Crippen LogP contribution >= 0.6 is 15.9 Å². The molecule has 32 heavy (non-hydrogen) atoms. The number of aromatic nitrogens is 2. The van der Waals surface area contributed by atoms with Crippen LogP contribution in [0.25, 0.3) is 11.3 Å². The fraction of sp³-hybridized carbons (Fsp3) is 0.0833. The van der Waals surface area contributed by atoms with E-state index in [0.29, 0.717) is 28.2 Å². The fourth-order valence-electron chi connectivity index (χ4n) is 4.07. The van der Waals surface area contributed by atoms with Crippen molar-refractivity contribution in [3.63, 3.8) is 0 Å². The molecule has 1 amide bonds. The lowest BCUT2D eigenvalue weighted by molar-refractivity contribution is -0.384. The first kappa shape index (κ1) is 20.1. The van der Waals surface area contributed by atoms with E-state index in [4.69, 9.17) is 0 Å². The number of hydrogen-bond acceptors (Lipinski definition) is 4. The summed E-state index contributed by atoms with van der Waals surface area (Å²) in [4.78, 5) is 26.2. The van der Waals surface area contributed by atoms with Gasteiger partial charge in [0.05, 0.1) is 16.7 Å². The van der Waals surface area contributed by atoms with E-state index >= 15 is 0 Å². The van der Waals surface area contributed by atoms with Crippen LogP contribution in [0.1, 0.15) is 33.2 Å². The van der Waals surface area contributed by atoms with Gasteiger partial charge in [0.15, 0.2) is 0 Å². The summed E-state index contributed by atoms with van der Waals surface area (Å²) in [5, 5.41) is 18.8. The number of nitrogens with zero attached hydrogens (tertiary/aromatic N) is 3. The van der Waals surface area contributed by atoms with Crippen LogP contribution in [0, 0.1) is 17.0 Å². The Kier molecular flexibility index (Phi) is 4.86. The number of fused-ring (bicyclic) bond motifs is 1. The summed E-state index contributed by atoms with van der Waals surface area (Å²) in [5.41, 5.74) is 4.99. The molecule has 0 spiro atoms. The van der Waals surface area contributed by atoms with Crippen molar-refractivity contribution >= 4 is 33.2 Å². The normalized spacial score (nSPS) is 15.1. The van der Waals surface area contributed by atoms with Gasteiger partial charge in [0.2, 0.25) is 0 Å². The molecule has 5 rings (SSSR count). The van der Waals surface area contributed by atoms with Gasteiger partial charge in [-0.05, 0) is 36.8 Å². The summed E-state index contributed by atoms with van der Waals surface area (Å²) in [5.74, 6) is -0.226. The molecule has 0 saturated heterocycles. The molecule has 1 aliphatic heterocycles. The summed E-state index contributed by atoms with van der Waals surface area (Å²) in [6.07, 6.45) is 0. The van der Waals surface area contributed by atoms with Gasteiger partial charge in [0, 0.05) is 33.4 Å². The van der Waals surface area contributed by atoms with Crippen LogP contribution in [0.3, 0.4) is 0 Å². The van der Waals surface area contributed by atoms with Gasteiger partial charge in [0.25, 0.3) is 11.6 Å². The van der Waals surface area contributed by atoms with Crippen LogP contribution in [0.4, 0.5) is 11.4 Å². The first-order valence-corrected chi connectivity index (χ1v) is 10.7. The maximum atomic E-state index is 13.5. The zero-order valence-corrected chi connectivity index (χ0v) is 18.5. The fourth-order valence-corrected chi connectivity index (χ4v) is 4.33. The zero-order chi connectivity index (χ0) is 22.4. The molecule has 0 aliphatic carbocycles. The van der Waals surface area contributed by atoms with Gasteiger partial charge >= 0.3 is 0 Å². The largest absolute Gasteiger partial charge is 0.295 e. The van der Waals surface area contributed by atoms with E-state index in [0.717, 1.165) is 15.6 Å². The second-order valence-electron chi connectivity index (χ2n) is 7.63. The molecular weight excluding hydrogens is 472 g/mol. The van der Waals surface area contributed by atoms with E-state index < -0.39 is 11.0 Å². The van der Waals surface area contributed by atoms with Crippen LogP contribution in [0.5, 0.6) is 0 Å². The Morgan fingerprint density at radius 3 is 2.47 bits per heavy atom. The third-order valence-electron chi connectivity index (χ3n) is 5.59. The number of amides is 1. The molecule has 1 aromatic heterocycles. The highest BCUT2D eigenvalue weighted by Crippen LogP contribution is 2.45. The average molecular weight is 489 g/mol. The number of H-pyrrole nitrogens is 1. The second-order valence-corrected chi connectivity index (χ2v) is 8.55. The Labute approximate surface area is 192 Å². The molecule has 0 bridgehead atoms. The van der Waals surface area contributed by atoms with Crippen molar-refractivity contribution in [3.05, 3.63) is 110 Å². The number of anilines is 1. The van der Waals surface area contributed by atoms with Crippen LogP contribution in [-0.4, -0.2) is 21.0 Å². The topological polar surface area (TPSA) is 92.1 Å². The standard InChI is InChI=1S/C24H17BrN4O3/c1-14-5-11-18(12-6-14)28-23(16-3-2-4-19(13-16)29(31)32)20-21(26-27-22(20)24(28)30)15-7-9-17(25)10-8-15/h2-13,23H,1H3,(H,26,27)/t23-/m1/s1. The first-order valence-electron chi connectivity index (χ1n) is 9.93. The summed E-state index contributed by atoms with van der Waals surface area (Å²) in [7, 11) is 0. The molecule has 1 N–H and O–H groups in total. The van der Waals surface area contributed by atoms with E-state index in [2.05, 4.69) is 26.1 Å². The number of benzene rings is 3. The third-order valence-corrected chi connectivity index (χ3v) is 6.12. The number of carbonyl (C=O) groups is 1. The van der Waals surface area contributed by atoms with Gasteiger partial charge in [-0.1, -0.05) is 57.9 Å². The van der Waals surface area contributed by atoms with Crippen LogP contribution < -0.4 is 4.90 Å². The van der Waals surface area contributed by atoms with Crippen LogP contribution in [0.15, 0.2) is 77.3 Å². The van der Waals surface area contributed by atoms with Gasteiger partial charge in [-0.25, -0.2) is 0 Å². The van der Waals surface area contributed by atoms with Crippen molar-refractivity contribution in [3.8, 4) is 11.3 Å². The first-order chi connectivity index (χ1) is 15.4. The van der Waals surface area contributed by atoms with Gasteiger partial charge < -0.3 is 0 Å². The minimum Gasteiger partial charge on any atom is -0.295 e. The lowest BCUT2D eigenvalue weighted by Gasteiger charge is -2.26. The Morgan fingerprint density at radius 1 is 1.06 bits per heavy atom. The Bertz CT molecular complexity index is 1350. The number of carbonyl (C=O) groups excluding carboxylic acids is 1. The number of hydrogen-bond donors (Lipinski definition) is 1. The number of non-ortho nitro benzene ring substituents is 1. The highest BCUT2D eigenvalue weighted by molar-refractivity contribution is 9.10. The van der Waals surface area contributed by atoms with Gasteiger partial charge in [-0.3, -0.25) is 24.9 Å². The van der Waals surface area contributed by atoms with Gasteiger partial charge in [-0.2, -0.15) is 5.10 Å². The smallest absolute Gasteiger partial charge is 0.277 e. The van der Waals surface area contributed by atoms with E-state index in [1.165, 1.54) is 12.1 Å². The van der Waals surface area contributed by atoms with E-state index in [1.54, 1.807) is 17.0 Å². The number of halogens is 1. The third kappa shape index (κ3) is 3.29. The number of nitro benzene ring substituents is 1. The van der Waals surface area contributed by atoms with Crippen molar-refractivity contribution in [2.75, 3.05) is 4.90 Å². The molecule has 0 fully saturated rings. The predicted octanol–water partition coefficient (Wildman–Crippen LogP) is 5.81. The van der Waals surface area contributed by atoms with Gasteiger partial charge in [0.1, 0.15) is 5.69 Å². The molecule has 158 valence electrons. The van der Waals surface area contributed by atoms with Crippen LogP contribution in [-0.2, 0) is 0 Å². The lowest BCUT2D eigenvalue weighted by atomic mass is 9.95. The number of nitrogens with one attached hydrogen (secondary N) is 1. The van der Waals surface area contributed by atoms with E-state index in [-0.39, 0.29) is 11.6 Å². The monoisotopic (exact) mass is 488 g/mol. The number of rotatable bonds is 4. The van der Waals surface area contributed by atoms with Crippen molar-refractivity contribution in [1.29, 1.82) is 0 Å². The van der Waals surface area contributed by atoms with Crippen molar-refractivity contribution < 1.29 is 9.72 Å². The highest BCUT2D eigenvalue weighted by atomic mass is 79.9. The van der Waals surface area contributed by atoms with Crippen LogP contribution in [0.2, 0.25) is 0 Å². The molecule has 0 radical (unpaired) electrons. The SMILES string of the molecule is Cc1ccc(N2C(=O)c3[nH]nc(-c4ccc(Br)cc4)c3[C@H]2c2cccc([N+](=O)[O-])c2)cc1. The molecule has 7 nitrogen and oxygen atoms in total. The zero-order valence-electron chi connectivity index (χ0n) is 16.9. The average Bonchev–Trinajstić information content (AvgIpc) is 3.34. The maximum absolute atomic E-state index is 13.5. The summed E-state index contributed by atoms with van der Waals surface area (Å²) in [6, 6.07) is 21.2.